The van der Waals surface area contributed by atoms with E-state index >= 15 is 0 Å². The van der Waals surface area contributed by atoms with E-state index in [0.717, 1.165) is 0 Å². The molecule has 10 heteroatoms. The lowest BCUT2D eigenvalue weighted by molar-refractivity contribution is -0.389. The summed E-state index contributed by atoms with van der Waals surface area (Å²) >= 11 is 0. The zero-order valence-corrected chi connectivity index (χ0v) is 12.8. The molecule has 2 saturated heterocycles. The molecule has 2 fully saturated rings. The Balaban J connectivity index is 1.94. The lowest BCUT2D eigenvalue weighted by Gasteiger charge is -2.42. The molecule has 2 aliphatic rings. The molecular weight excluding hydrogens is 316 g/mol. The van der Waals surface area contributed by atoms with E-state index in [4.69, 9.17) is 18.9 Å². The first-order valence-electron chi connectivity index (χ1n) is 7.29. The van der Waals surface area contributed by atoms with Gasteiger partial charge in [-0.15, -0.1) is 0 Å². The first kappa shape index (κ1) is 18.9. The van der Waals surface area contributed by atoms with E-state index in [1.54, 1.807) is 0 Å². The fourth-order valence-electron chi connectivity index (χ4n) is 2.35. The van der Waals surface area contributed by atoms with Gasteiger partial charge in [0.15, 0.2) is 18.4 Å². The molecule has 23 heavy (non-hydrogen) atoms. The first-order chi connectivity index (χ1) is 10.6. The van der Waals surface area contributed by atoms with Crippen LogP contribution in [-0.4, -0.2) is 98.8 Å². The second kappa shape index (κ2) is 7.23. The van der Waals surface area contributed by atoms with Gasteiger partial charge in [-0.1, -0.05) is 0 Å². The van der Waals surface area contributed by atoms with Gasteiger partial charge in [-0.25, -0.2) is 0 Å². The highest BCUT2D eigenvalue weighted by molar-refractivity contribution is 4.85. The Morgan fingerprint density at radius 2 is 1.04 bits per heavy atom. The third-order valence-electron chi connectivity index (χ3n) is 3.71. The van der Waals surface area contributed by atoms with E-state index in [1.165, 1.54) is 13.8 Å². The summed E-state index contributed by atoms with van der Waals surface area (Å²) in [5, 5.41) is 57.7. The summed E-state index contributed by atoms with van der Waals surface area (Å²) in [6, 6.07) is 0. The number of hydrogen-bond acceptors (Lipinski definition) is 10. The second-order valence-corrected chi connectivity index (χ2v) is 6.14. The molecule has 0 saturated carbocycles. The highest BCUT2D eigenvalue weighted by Gasteiger charge is 2.44. The van der Waals surface area contributed by atoms with Crippen molar-refractivity contribution in [2.75, 3.05) is 13.2 Å². The SMILES string of the molecule is CC(C)(O[C@@H]1OC[C@@H](O)[C@@H](O)[C@H]1O)O[C@@H]1OC[C@@H](O)[C@@H](O)[C@H]1O. The summed E-state index contributed by atoms with van der Waals surface area (Å²) in [4.78, 5) is 0. The van der Waals surface area contributed by atoms with Crippen molar-refractivity contribution in [2.45, 2.75) is 68.8 Å². The molecule has 0 aromatic heterocycles. The molecule has 136 valence electrons. The van der Waals surface area contributed by atoms with Crippen LogP contribution in [0.25, 0.3) is 0 Å². The van der Waals surface area contributed by atoms with Gasteiger partial charge in [0, 0.05) is 0 Å². The molecule has 6 N–H and O–H groups in total. The van der Waals surface area contributed by atoms with E-state index in [0.29, 0.717) is 0 Å². The standard InChI is InChI=1S/C13H24O10/c1-13(2,22-11-9(18)7(16)5(14)3-20-11)23-12-10(19)8(17)6(15)4-21-12/h5-12,14-19H,3-4H2,1-2H3/t5-,6-,7-,8-,9-,10-,11+,12+/m1/s1. The van der Waals surface area contributed by atoms with E-state index in [2.05, 4.69) is 0 Å². The van der Waals surface area contributed by atoms with Crippen LogP contribution < -0.4 is 0 Å². The Morgan fingerprint density at radius 3 is 1.39 bits per heavy atom. The van der Waals surface area contributed by atoms with E-state index in [9.17, 15) is 30.6 Å². The highest BCUT2D eigenvalue weighted by Crippen LogP contribution is 2.27. The van der Waals surface area contributed by atoms with Crippen molar-refractivity contribution >= 4 is 0 Å². The number of ether oxygens (including phenoxy) is 4. The van der Waals surface area contributed by atoms with E-state index in [1.807, 2.05) is 0 Å². The molecule has 2 rings (SSSR count). The fourth-order valence-corrected chi connectivity index (χ4v) is 2.35. The van der Waals surface area contributed by atoms with Crippen LogP contribution in [0.3, 0.4) is 0 Å². The minimum absolute atomic E-state index is 0.230. The summed E-state index contributed by atoms with van der Waals surface area (Å²) in [7, 11) is 0. The van der Waals surface area contributed by atoms with Crippen LogP contribution in [0, 0.1) is 0 Å². The van der Waals surface area contributed by atoms with Crippen LogP contribution >= 0.6 is 0 Å². The van der Waals surface area contributed by atoms with Gasteiger partial charge in [0.1, 0.15) is 36.6 Å². The van der Waals surface area contributed by atoms with Crippen LogP contribution in [0.1, 0.15) is 13.8 Å². The Morgan fingerprint density at radius 1 is 0.696 bits per heavy atom. The van der Waals surface area contributed by atoms with Crippen molar-refractivity contribution in [3.05, 3.63) is 0 Å². The molecular formula is C13H24O10. The molecule has 0 unspecified atom stereocenters. The third-order valence-corrected chi connectivity index (χ3v) is 3.71. The Kier molecular flexibility index (Phi) is 5.95. The Hall–Kier alpha value is -0.400. The van der Waals surface area contributed by atoms with Crippen LogP contribution in [0.15, 0.2) is 0 Å². The van der Waals surface area contributed by atoms with Crippen LogP contribution in [0.5, 0.6) is 0 Å². The summed E-state index contributed by atoms with van der Waals surface area (Å²) in [6.07, 6.45) is -10.8. The molecule has 0 aromatic carbocycles. The smallest absolute Gasteiger partial charge is 0.189 e. The van der Waals surface area contributed by atoms with Gasteiger partial charge in [-0.05, 0) is 13.8 Å². The Labute approximate surface area is 132 Å². The van der Waals surface area contributed by atoms with Gasteiger partial charge in [0.05, 0.1) is 13.2 Å². The number of aliphatic hydroxyl groups excluding tert-OH is 6. The molecule has 8 atom stereocenters. The molecule has 0 amide bonds. The number of rotatable bonds is 4. The molecule has 2 heterocycles. The maximum atomic E-state index is 9.84. The molecule has 2 aliphatic heterocycles. The maximum Gasteiger partial charge on any atom is 0.189 e. The van der Waals surface area contributed by atoms with Gasteiger partial charge in [-0.3, -0.25) is 0 Å². The third kappa shape index (κ3) is 4.37. The number of aliphatic hydroxyl groups is 6. The van der Waals surface area contributed by atoms with Gasteiger partial charge < -0.3 is 49.6 Å². The predicted molar refractivity (Wildman–Crippen MR) is 71.8 cm³/mol. The molecule has 0 radical (unpaired) electrons. The largest absolute Gasteiger partial charge is 0.388 e. The van der Waals surface area contributed by atoms with Crippen molar-refractivity contribution in [1.82, 2.24) is 0 Å². The van der Waals surface area contributed by atoms with Crippen molar-refractivity contribution in [1.29, 1.82) is 0 Å². The average molecular weight is 340 g/mol. The van der Waals surface area contributed by atoms with Gasteiger partial charge >= 0.3 is 0 Å². The summed E-state index contributed by atoms with van der Waals surface area (Å²) in [6.45, 7) is 2.45. The monoisotopic (exact) mass is 340 g/mol. The molecule has 0 spiro atoms. The quantitative estimate of drug-likeness (QED) is 0.285. The minimum Gasteiger partial charge on any atom is -0.388 e. The molecule has 10 nitrogen and oxygen atoms in total. The average Bonchev–Trinajstić information content (AvgIpc) is 2.48. The van der Waals surface area contributed by atoms with Crippen LogP contribution in [-0.2, 0) is 18.9 Å². The van der Waals surface area contributed by atoms with Gasteiger partial charge in [0.2, 0.25) is 0 Å². The lowest BCUT2D eigenvalue weighted by atomic mass is 10.1. The highest BCUT2D eigenvalue weighted by atomic mass is 16.8. The number of hydrogen-bond donors (Lipinski definition) is 6. The molecule has 0 aliphatic carbocycles. The van der Waals surface area contributed by atoms with Gasteiger partial charge in [-0.2, -0.15) is 0 Å². The maximum absolute atomic E-state index is 9.84. The van der Waals surface area contributed by atoms with Crippen LogP contribution in [0.4, 0.5) is 0 Å². The minimum atomic E-state index is -1.49. The topological polar surface area (TPSA) is 158 Å². The van der Waals surface area contributed by atoms with Crippen LogP contribution in [0.2, 0.25) is 0 Å². The second-order valence-electron chi connectivity index (χ2n) is 6.14. The zero-order chi connectivity index (χ0) is 17.4. The van der Waals surface area contributed by atoms with Crippen molar-refractivity contribution < 1.29 is 49.6 Å². The summed E-state index contributed by atoms with van der Waals surface area (Å²) < 4.78 is 21.1. The predicted octanol–water partition coefficient (Wildman–Crippen LogP) is -3.37. The molecule has 0 aromatic rings. The fraction of sp³-hybridized carbons (Fsp3) is 1.00. The van der Waals surface area contributed by atoms with E-state index in [-0.39, 0.29) is 13.2 Å². The lowest BCUT2D eigenvalue weighted by Crippen LogP contribution is -2.58. The normalized spacial score (nSPS) is 45.9. The molecule has 0 bridgehead atoms. The zero-order valence-electron chi connectivity index (χ0n) is 12.8. The van der Waals surface area contributed by atoms with Crippen molar-refractivity contribution in [2.24, 2.45) is 0 Å². The first-order valence-corrected chi connectivity index (χ1v) is 7.29. The van der Waals surface area contributed by atoms with Gasteiger partial charge in [0.25, 0.3) is 0 Å². The van der Waals surface area contributed by atoms with Crippen molar-refractivity contribution in [3.8, 4) is 0 Å². The summed E-state index contributed by atoms with van der Waals surface area (Å²) in [5.41, 5.74) is 0. The Bertz CT molecular complexity index is 357. The van der Waals surface area contributed by atoms with Crippen molar-refractivity contribution in [3.63, 3.8) is 0 Å². The van der Waals surface area contributed by atoms with E-state index < -0.39 is 55.0 Å². The summed E-state index contributed by atoms with van der Waals surface area (Å²) in [5.74, 6) is -1.43.